The van der Waals surface area contributed by atoms with E-state index in [0.29, 0.717) is 23.4 Å². The minimum Gasteiger partial charge on any atom is -0.395 e. The number of halogens is 1. The van der Waals surface area contributed by atoms with E-state index >= 15 is 0 Å². The standard InChI is InChI=1S/C14H22ClNO3S/c1-4-13(5-2)16(8-9-17)20(18,19)14-10-12(15)7-6-11(14)3/h6-7,10,13,17H,4-5,8-9H2,1-3H3. The summed E-state index contributed by atoms with van der Waals surface area (Å²) in [6.45, 7) is 5.53. The second-order valence-electron chi connectivity index (χ2n) is 4.72. The predicted molar refractivity (Wildman–Crippen MR) is 81.5 cm³/mol. The largest absolute Gasteiger partial charge is 0.395 e. The van der Waals surface area contributed by atoms with E-state index in [1.54, 1.807) is 19.1 Å². The third kappa shape index (κ3) is 3.73. The first kappa shape index (κ1) is 17.4. The van der Waals surface area contributed by atoms with Crippen LogP contribution in [-0.4, -0.2) is 37.0 Å². The van der Waals surface area contributed by atoms with Gasteiger partial charge in [-0.1, -0.05) is 31.5 Å². The summed E-state index contributed by atoms with van der Waals surface area (Å²) in [6.07, 6.45) is 1.41. The molecule has 0 unspecified atom stereocenters. The molecule has 6 heteroatoms. The highest BCUT2D eigenvalue weighted by molar-refractivity contribution is 7.89. The smallest absolute Gasteiger partial charge is 0.243 e. The molecule has 0 aliphatic rings. The summed E-state index contributed by atoms with van der Waals surface area (Å²) >= 11 is 5.92. The number of hydrogen-bond acceptors (Lipinski definition) is 3. The third-order valence-electron chi connectivity index (χ3n) is 3.41. The van der Waals surface area contributed by atoms with Crippen molar-refractivity contribution in [2.24, 2.45) is 0 Å². The Morgan fingerprint density at radius 3 is 2.40 bits per heavy atom. The zero-order valence-electron chi connectivity index (χ0n) is 12.1. The SMILES string of the molecule is CCC(CC)N(CCO)S(=O)(=O)c1cc(Cl)ccc1C. The second-order valence-corrected chi connectivity index (χ2v) is 7.01. The predicted octanol–water partition coefficient (Wildman–Crippen LogP) is 2.82. The number of hydrogen-bond donors (Lipinski definition) is 1. The van der Waals surface area contributed by atoms with Gasteiger partial charge in [-0.3, -0.25) is 0 Å². The molecule has 1 aromatic rings. The summed E-state index contributed by atoms with van der Waals surface area (Å²) in [5.41, 5.74) is 0.656. The van der Waals surface area contributed by atoms with Crippen molar-refractivity contribution in [3.63, 3.8) is 0 Å². The highest BCUT2D eigenvalue weighted by Gasteiger charge is 2.30. The zero-order chi connectivity index (χ0) is 15.3. The first-order chi connectivity index (χ1) is 9.38. The molecule has 0 atom stereocenters. The highest BCUT2D eigenvalue weighted by Crippen LogP contribution is 2.26. The van der Waals surface area contributed by atoms with Gasteiger partial charge in [0.1, 0.15) is 0 Å². The molecule has 0 radical (unpaired) electrons. The van der Waals surface area contributed by atoms with E-state index in [4.69, 9.17) is 11.6 Å². The van der Waals surface area contributed by atoms with Gasteiger partial charge in [-0.05, 0) is 37.5 Å². The summed E-state index contributed by atoms with van der Waals surface area (Å²) in [7, 11) is -3.65. The average Bonchev–Trinajstić information content (AvgIpc) is 2.41. The first-order valence-corrected chi connectivity index (χ1v) is 8.59. The molecule has 0 saturated heterocycles. The summed E-state index contributed by atoms with van der Waals surface area (Å²) in [5, 5.41) is 9.57. The lowest BCUT2D eigenvalue weighted by Crippen LogP contribution is -2.41. The molecule has 0 saturated carbocycles. The van der Waals surface area contributed by atoms with Gasteiger partial charge in [-0.2, -0.15) is 4.31 Å². The van der Waals surface area contributed by atoms with Gasteiger partial charge in [0, 0.05) is 17.6 Å². The Balaban J connectivity index is 3.32. The Kier molecular flexibility index (Phi) is 6.45. The van der Waals surface area contributed by atoms with Crippen LogP contribution in [0.25, 0.3) is 0 Å². The van der Waals surface area contributed by atoms with Crippen LogP contribution in [0.1, 0.15) is 32.3 Å². The molecule has 0 heterocycles. The van der Waals surface area contributed by atoms with Gasteiger partial charge in [-0.15, -0.1) is 0 Å². The van der Waals surface area contributed by atoms with Crippen molar-refractivity contribution >= 4 is 21.6 Å². The van der Waals surface area contributed by atoms with Crippen LogP contribution in [0.4, 0.5) is 0 Å². The second kappa shape index (κ2) is 7.41. The molecule has 20 heavy (non-hydrogen) atoms. The Morgan fingerprint density at radius 1 is 1.30 bits per heavy atom. The van der Waals surface area contributed by atoms with E-state index in [1.165, 1.54) is 10.4 Å². The number of aliphatic hydroxyl groups is 1. The van der Waals surface area contributed by atoms with Gasteiger partial charge < -0.3 is 5.11 Å². The van der Waals surface area contributed by atoms with E-state index in [9.17, 15) is 13.5 Å². The van der Waals surface area contributed by atoms with E-state index in [0.717, 1.165) is 0 Å². The lowest BCUT2D eigenvalue weighted by Gasteiger charge is -2.29. The van der Waals surface area contributed by atoms with E-state index < -0.39 is 10.0 Å². The Bertz CT molecular complexity index is 541. The topological polar surface area (TPSA) is 57.6 Å². The molecule has 0 aliphatic carbocycles. The minimum absolute atomic E-state index is 0.0979. The average molecular weight is 320 g/mol. The normalized spacial score (nSPS) is 12.3. The van der Waals surface area contributed by atoms with Gasteiger partial charge in [0.2, 0.25) is 10.0 Å². The molecule has 0 fully saturated rings. The molecule has 114 valence electrons. The molecule has 0 aliphatic heterocycles. The van der Waals surface area contributed by atoms with Crippen molar-refractivity contribution in [3.8, 4) is 0 Å². The van der Waals surface area contributed by atoms with Crippen LogP contribution in [-0.2, 0) is 10.0 Å². The summed E-state index contributed by atoms with van der Waals surface area (Å²) in [4.78, 5) is 0.213. The van der Waals surface area contributed by atoms with Crippen LogP contribution in [0.5, 0.6) is 0 Å². The molecule has 1 rings (SSSR count). The van der Waals surface area contributed by atoms with Crippen LogP contribution in [0.2, 0.25) is 5.02 Å². The maximum atomic E-state index is 12.8. The van der Waals surface area contributed by atoms with Gasteiger partial charge >= 0.3 is 0 Å². The molecular formula is C14H22ClNO3S. The molecular weight excluding hydrogens is 298 g/mol. The third-order valence-corrected chi connectivity index (χ3v) is 5.74. The van der Waals surface area contributed by atoms with Crippen molar-refractivity contribution < 1.29 is 13.5 Å². The molecule has 1 N–H and O–H groups in total. The van der Waals surface area contributed by atoms with Crippen molar-refractivity contribution in [1.29, 1.82) is 0 Å². The van der Waals surface area contributed by atoms with Crippen molar-refractivity contribution in [1.82, 2.24) is 4.31 Å². The van der Waals surface area contributed by atoms with Crippen LogP contribution in [0.15, 0.2) is 23.1 Å². The van der Waals surface area contributed by atoms with Gasteiger partial charge in [0.25, 0.3) is 0 Å². The van der Waals surface area contributed by atoms with Crippen molar-refractivity contribution in [3.05, 3.63) is 28.8 Å². The fourth-order valence-corrected chi connectivity index (χ4v) is 4.52. The lowest BCUT2D eigenvalue weighted by atomic mass is 10.2. The van der Waals surface area contributed by atoms with Crippen LogP contribution in [0.3, 0.4) is 0 Å². The van der Waals surface area contributed by atoms with Gasteiger partial charge in [0.05, 0.1) is 11.5 Å². The zero-order valence-corrected chi connectivity index (χ0v) is 13.7. The number of aryl methyl sites for hydroxylation is 1. The van der Waals surface area contributed by atoms with E-state index in [-0.39, 0.29) is 24.1 Å². The fraction of sp³-hybridized carbons (Fsp3) is 0.571. The van der Waals surface area contributed by atoms with Crippen molar-refractivity contribution in [2.45, 2.75) is 44.6 Å². The molecule has 0 bridgehead atoms. The molecule has 1 aromatic carbocycles. The highest BCUT2D eigenvalue weighted by atomic mass is 35.5. The Morgan fingerprint density at radius 2 is 1.90 bits per heavy atom. The first-order valence-electron chi connectivity index (χ1n) is 6.77. The molecule has 0 amide bonds. The molecule has 0 aromatic heterocycles. The number of aliphatic hydroxyl groups excluding tert-OH is 1. The van der Waals surface area contributed by atoms with Crippen molar-refractivity contribution in [2.75, 3.05) is 13.2 Å². The summed E-state index contributed by atoms with van der Waals surface area (Å²) in [5.74, 6) is 0. The number of nitrogens with zero attached hydrogens (tertiary/aromatic N) is 1. The monoisotopic (exact) mass is 319 g/mol. The quantitative estimate of drug-likeness (QED) is 0.840. The van der Waals surface area contributed by atoms with Crippen LogP contribution < -0.4 is 0 Å². The van der Waals surface area contributed by atoms with Gasteiger partial charge in [0.15, 0.2) is 0 Å². The van der Waals surface area contributed by atoms with Gasteiger partial charge in [-0.25, -0.2) is 8.42 Å². The summed E-state index contributed by atoms with van der Waals surface area (Å²) in [6, 6.07) is 4.72. The summed E-state index contributed by atoms with van der Waals surface area (Å²) < 4.78 is 27.0. The minimum atomic E-state index is -3.65. The molecule has 0 spiro atoms. The van der Waals surface area contributed by atoms with E-state index in [1.807, 2.05) is 13.8 Å². The lowest BCUT2D eigenvalue weighted by molar-refractivity contribution is 0.219. The number of rotatable bonds is 7. The maximum Gasteiger partial charge on any atom is 0.243 e. The number of benzene rings is 1. The van der Waals surface area contributed by atoms with Crippen LogP contribution >= 0.6 is 11.6 Å². The fourth-order valence-electron chi connectivity index (χ4n) is 2.27. The Labute approximate surface area is 126 Å². The Hall–Kier alpha value is -0.620. The number of sulfonamides is 1. The van der Waals surface area contributed by atoms with E-state index in [2.05, 4.69) is 0 Å². The molecule has 4 nitrogen and oxygen atoms in total. The van der Waals surface area contributed by atoms with Crippen LogP contribution in [0, 0.1) is 6.92 Å². The maximum absolute atomic E-state index is 12.8.